The van der Waals surface area contributed by atoms with Crippen LogP contribution in [0.4, 0.5) is 0 Å². The van der Waals surface area contributed by atoms with Crippen LogP contribution >= 0.6 is 0 Å². The van der Waals surface area contributed by atoms with Crippen molar-refractivity contribution in [3.8, 4) is 0 Å². The molecule has 1 aliphatic rings. The molecule has 0 amide bonds. The van der Waals surface area contributed by atoms with Crippen molar-refractivity contribution in [1.82, 2.24) is 0 Å². The number of hydrogen-bond acceptors (Lipinski definition) is 3. The summed E-state index contributed by atoms with van der Waals surface area (Å²) in [5.41, 5.74) is 5.67. The second kappa shape index (κ2) is 5.67. The molecular formula is C13H25NO2. The summed E-state index contributed by atoms with van der Waals surface area (Å²) in [5, 5.41) is 0. The average Bonchev–Trinajstić information content (AvgIpc) is 2.14. The monoisotopic (exact) mass is 227 g/mol. The highest BCUT2D eigenvalue weighted by molar-refractivity contribution is 5.69. The Morgan fingerprint density at radius 1 is 1.31 bits per heavy atom. The van der Waals surface area contributed by atoms with Crippen molar-refractivity contribution < 1.29 is 9.53 Å². The van der Waals surface area contributed by atoms with Crippen molar-refractivity contribution >= 4 is 5.97 Å². The third-order valence-electron chi connectivity index (χ3n) is 3.11. The van der Waals surface area contributed by atoms with Gasteiger partial charge in [0.2, 0.25) is 0 Å². The molecule has 0 aromatic rings. The van der Waals surface area contributed by atoms with E-state index in [1.165, 1.54) is 19.3 Å². The number of carbonyl (C=O) groups excluding carboxylic acids is 1. The maximum Gasteiger partial charge on any atom is 0.306 e. The van der Waals surface area contributed by atoms with Gasteiger partial charge in [-0.25, -0.2) is 0 Å². The quantitative estimate of drug-likeness (QED) is 0.754. The zero-order valence-electron chi connectivity index (χ0n) is 10.8. The highest BCUT2D eigenvalue weighted by atomic mass is 16.6. The van der Waals surface area contributed by atoms with Crippen LogP contribution in [0.3, 0.4) is 0 Å². The second-order valence-electron chi connectivity index (χ2n) is 5.83. The van der Waals surface area contributed by atoms with E-state index in [0.717, 1.165) is 12.8 Å². The number of carbonyl (C=O) groups is 1. The fourth-order valence-corrected chi connectivity index (χ4v) is 2.29. The van der Waals surface area contributed by atoms with Crippen LogP contribution in [-0.2, 0) is 9.53 Å². The third-order valence-corrected chi connectivity index (χ3v) is 3.11. The molecule has 1 fully saturated rings. The van der Waals surface area contributed by atoms with Crippen LogP contribution < -0.4 is 5.73 Å². The van der Waals surface area contributed by atoms with E-state index in [4.69, 9.17) is 10.5 Å². The zero-order valence-corrected chi connectivity index (χ0v) is 10.8. The largest absolute Gasteiger partial charge is 0.460 e. The van der Waals surface area contributed by atoms with Crippen LogP contribution in [0.15, 0.2) is 0 Å². The summed E-state index contributed by atoms with van der Waals surface area (Å²) in [4.78, 5) is 11.5. The number of hydrogen-bond donors (Lipinski definition) is 1. The van der Waals surface area contributed by atoms with Crippen molar-refractivity contribution in [2.45, 2.75) is 70.9 Å². The highest BCUT2D eigenvalue weighted by Crippen LogP contribution is 2.27. The van der Waals surface area contributed by atoms with E-state index >= 15 is 0 Å². The first kappa shape index (κ1) is 13.5. The van der Waals surface area contributed by atoms with Gasteiger partial charge in [0.1, 0.15) is 5.60 Å². The van der Waals surface area contributed by atoms with E-state index in [2.05, 4.69) is 0 Å². The second-order valence-corrected chi connectivity index (χ2v) is 5.83. The zero-order chi connectivity index (χ0) is 12.2. The first-order valence-corrected chi connectivity index (χ1v) is 6.36. The van der Waals surface area contributed by atoms with E-state index in [9.17, 15) is 4.79 Å². The molecule has 0 saturated heterocycles. The van der Waals surface area contributed by atoms with Gasteiger partial charge in [0.25, 0.3) is 0 Å². The SMILES string of the molecule is CC(C)(C)OC(=O)CCC1CCCCC1N. The Kier molecular flexibility index (Phi) is 4.78. The minimum atomic E-state index is -0.369. The summed E-state index contributed by atoms with van der Waals surface area (Å²) in [7, 11) is 0. The topological polar surface area (TPSA) is 52.3 Å². The summed E-state index contributed by atoms with van der Waals surface area (Å²) in [6, 6.07) is 0.288. The molecule has 0 aliphatic heterocycles. The van der Waals surface area contributed by atoms with Crippen molar-refractivity contribution in [2.75, 3.05) is 0 Å². The number of rotatable bonds is 3. The molecule has 3 heteroatoms. The number of esters is 1. The maximum absolute atomic E-state index is 11.5. The molecule has 16 heavy (non-hydrogen) atoms. The number of nitrogens with two attached hydrogens (primary N) is 1. The van der Waals surface area contributed by atoms with E-state index in [1.54, 1.807) is 0 Å². The van der Waals surface area contributed by atoms with Crippen LogP contribution in [0.2, 0.25) is 0 Å². The first-order valence-electron chi connectivity index (χ1n) is 6.36. The van der Waals surface area contributed by atoms with Gasteiger partial charge in [-0.15, -0.1) is 0 Å². The highest BCUT2D eigenvalue weighted by Gasteiger charge is 2.23. The predicted octanol–water partition coefficient (Wildman–Crippen LogP) is 2.63. The van der Waals surface area contributed by atoms with E-state index < -0.39 is 0 Å². The van der Waals surface area contributed by atoms with Crippen molar-refractivity contribution in [3.63, 3.8) is 0 Å². The van der Waals surface area contributed by atoms with Gasteiger partial charge in [-0.2, -0.15) is 0 Å². The molecule has 2 atom stereocenters. The molecule has 0 aromatic heterocycles. The Hall–Kier alpha value is -0.570. The Labute approximate surface area is 98.7 Å². The number of ether oxygens (including phenoxy) is 1. The van der Waals surface area contributed by atoms with E-state index in [-0.39, 0.29) is 17.6 Å². The van der Waals surface area contributed by atoms with Gasteiger partial charge < -0.3 is 10.5 Å². The summed E-state index contributed by atoms with van der Waals surface area (Å²) >= 11 is 0. The minimum Gasteiger partial charge on any atom is -0.460 e. The third kappa shape index (κ3) is 4.97. The van der Waals surface area contributed by atoms with E-state index in [0.29, 0.717) is 12.3 Å². The van der Waals surface area contributed by atoms with Crippen molar-refractivity contribution in [2.24, 2.45) is 11.7 Å². The molecule has 94 valence electrons. The lowest BCUT2D eigenvalue weighted by Gasteiger charge is -2.28. The van der Waals surface area contributed by atoms with Crippen LogP contribution in [-0.4, -0.2) is 17.6 Å². The van der Waals surface area contributed by atoms with Crippen molar-refractivity contribution in [3.05, 3.63) is 0 Å². The van der Waals surface area contributed by atoms with Crippen molar-refractivity contribution in [1.29, 1.82) is 0 Å². The van der Waals surface area contributed by atoms with Gasteiger partial charge in [-0.3, -0.25) is 4.79 Å². The van der Waals surface area contributed by atoms with E-state index in [1.807, 2.05) is 20.8 Å². The molecule has 0 heterocycles. The molecule has 0 bridgehead atoms. The molecule has 0 spiro atoms. The summed E-state index contributed by atoms with van der Waals surface area (Å²) in [6.07, 6.45) is 6.17. The maximum atomic E-state index is 11.5. The van der Waals surface area contributed by atoms with Crippen LogP contribution in [0, 0.1) is 5.92 Å². The van der Waals surface area contributed by atoms with Crippen LogP contribution in [0.5, 0.6) is 0 Å². The lowest BCUT2D eigenvalue weighted by molar-refractivity contribution is -0.155. The molecule has 0 aromatic carbocycles. The molecular weight excluding hydrogens is 202 g/mol. The molecule has 3 nitrogen and oxygen atoms in total. The Morgan fingerprint density at radius 3 is 2.50 bits per heavy atom. The molecule has 1 saturated carbocycles. The van der Waals surface area contributed by atoms with Crippen LogP contribution in [0.25, 0.3) is 0 Å². The molecule has 2 N–H and O–H groups in total. The van der Waals surface area contributed by atoms with Gasteiger partial charge in [0, 0.05) is 12.5 Å². The first-order chi connectivity index (χ1) is 7.38. The predicted molar refractivity (Wildman–Crippen MR) is 65.0 cm³/mol. The van der Waals surface area contributed by atoms with Crippen LogP contribution in [0.1, 0.15) is 59.3 Å². The smallest absolute Gasteiger partial charge is 0.306 e. The Balaban J connectivity index is 2.25. The summed E-state index contributed by atoms with van der Waals surface area (Å²) < 4.78 is 5.28. The lowest BCUT2D eigenvalue weighted by atomic mass is 9.82. The summed E-state index contributed by atoms with van der Waals surface area (Å²) in [6.45, 7) is 5.70. The Morgan fingerprint density at radius 2 is 1.94 bits per heavy atom. The summed E-state index contributed by atoms with van der Waals surface area (Å²) in [5.74, 6) is 0.423. The van der Waals surface area contributed by atoms with Gasteiger partial charge in [-0.1, -0.05) is 12.8 Å². The standard InChI is InChI=1S/C13H25NO2/c1-13(2,3)16-12(15)9-8-10-6-4-5-7-11(10)14/h10-11H,4-9,14H2,1-3H3. The van der Waals surface area contributed by atoms with Gasteiger partial charge in [-0.05, 0) is 46.0 Å². The molecule has 2 unspecified atom stereocenters. The van der Waals surface area contributed by atoms with Gasteiger partial charge >= 0.3 is 5.97 Å². The molecule has 1 aliphatic carbocycles. The Bertz CT molecular complexity index is 233. The van der Waals surface area contributed by atoms with Gasteiger partial charge in [0.15, 0.2) is 0 Å². The van der Waals surface area contributed by atoms with Gasteiger partial charge in [0.05, 0.1) is 0 Å². The molecule has 0 radical (unpaired) electrons. The minimum absolute atomic E-state index is 0.0923. The fraction of sp³-hybridized carbons (Fsp3) is 0.923. The fourth-order valence-electron chi connectivity index (χ4n) is 2.29. The molecule has 1 rings (SSSR count). The lowest BCUT2D eigenvalue weighted by Crippen LogP contribution is -2.33. The average molecular weight is 227 g/mol. The normalized spacial score (nSPS) is 26.5.